The van der Waals surface area contributed by atoms with Gasteiger partial charge in [0.25, 0.3) is 5.91 Å². The van der Waals surface area contributed by atoms with E-state index in [1.54, 1.807) is 38.1 Å². The minimum atomic E-state index is -0.600. The number of hydrogen-bond donors (Lipinski definition) is 2. The van der Waals surface area contributed by atoms with Crippen molar-refractivity contribution < 1.29 is 19.0 Å². The van der Waals surface area contributed by atoms with Crippen LogP contribution in [-0.4, -0.2) is 42.0 Å². The highest BCUT2D eigenvalue weighted by Gasteiger charge is 2.36. The number of fused-ring (bicyclic) bond motifs is 1. The molecule has 0 bridgehead atoms. The van der Waals surface area contributed by atoms with E-state index in [4.69, 9.17) is 14.2 Å². The molecule has 31 heavy (non-hydrogen) atoms. The van der Waals surface area contributed by atoms with Gasteiger partial charge in [0, 0.05) is 23.0 Å². The van der Waals surface area contributed by atoms with Crippen molar-refractivity contribution in [2.75, 3.05) is 32.0 Å². The van der Waals surface area contributed by atoms with Gasteiger partial charge in [-0.05, 0) is 25.1 Å². The molecule has 1 atom stereocenters. The molecule has 2 N–H and O–H groups in total. The van der Waals surface area contributed by atoms with E-state index in [1.165, 1.54) is 6.33 Å². The zero-order valence-corrected chi connectivity index (χ0v) is 17.7. The molecule has 1 aromatic heterocycles. The first kappa shape index (κ1) is 20.3. The molecule has 0 aliphatic carbocycles. The summed E-state index contributed by atoms with van der Waals surface area (Å²) in [6, 6.07) is 12.2. The first-order valence-corrected chi connectivity index (χ1v) is 9.61. The SMILES string of the molecule is COc1cc(OC)c([C@H]2C(C(=O)Nc3ccccc3)=C(C)Nc3ncnn32)cc1OC. The lowest BCUT2D eigenvalue weighted by Gasteiger charge is -2.30. The number of methoxy groups -OCH3 is 3. The minimum Gasteiger partial charge on any atom is -0.496 e. The zero-order valence-electron chi connectivity index (χ0n) is 17.7. The van der Waals surface area contributed by atoms with E-state index < -0.39 is 6.04 Å². The quantitative estimate of drug-likeness (QED) is 0.630. The summed E-state index contributed by atoms with van der Waals surface area (Å²) < 4.78 is 18.2. The number of para-hydroxylation sites is 1. The molecule has 4 rings (SSSR count). The monoisotopic (exact) mass is 421 g/mol. The normalized spacial score (nSPS) is 15.0. The van der Waals surface area contributed by atoms with Crippen molar-refractivity contribution in [3.8, 4) is 17.2 Å². The van der Waals surface area contributed by atoms with E-state index in [2.05, 4.69) is 20.7 Å². The summed E-state index contributed by atoms with van der Waals surface area (Å²) in [4.78, 5) is 17.7. The van der Waals surface area contributed by atoms with Crippen LogP contribution in [0, 0.1) is 0 Å². The zero-order chi connectivity index (χ0) is 22.0. The van der Waals surface area contributed by atoms with Gasteiger partial charge in [0.15, 0.2) is 11.5 Å². The lowest BCUT2D eigenvalue weighted by molar-refractivity contribution is -0.113. The molecule has 0 saturated carbocycles. The fourth-order valence-corrected chi connectivity index (χ4v) is 3.66. The number of nitrogens with zero attached hydrogens (tertiary/aromatic N) is 3. The van der Waals surface area contributed by atoms with Crippen LogP contribution in [0.3, 0.4) is 0 Å². The van der Waals surface area contributed by atoms with Gasteiger partial charge in [-0.3, -0.25) is 4.79 Å². The summed E-state index contributed by atoms with van der Waals surface area (Å²) in [6.45, 7) is 1.83. The van der Waals surface area contributed by atoms with E-state index in [9.17, 15) is 4.79 Å². The van der Waals surface area contributed by atoms with Crippen molar-refractivity contribution >= 4 is 17.5 Å². The maximum atomic E-state index is 13.4. The van der Waals surface area contributed by atoms with Crippen molar-refractivity contribution in [3.63, 3.8) is 0 Å². The van der Waals surface area contributed by atoms with Gasteiger partial charge in [0.2, 0.25) is 5.95 Å². The van der Waals surface area contributed by atoms with Crippen LogP contribution in [0.5, 0.6) is 17.2 Å². The Kier molecular flexibility index (Phi) is 5.48. The molecule has 1 aliphatic heterocycles. The smallest absolute Gasteiger partial charge is 0.255 e. The highest BCUT2D eigenvalue weighted by atomic mass is 16.5. The molecular formula is C22H23N5O4. The highest BCUT2D eigenvalue weighted by Crippen LogP contribution is 2.43. The molecule has 0 fully saturated rings. The Bertz CT molecular complexity index is 1140. The van der Waals surface area contributed by atoms with Crippen LogP contribution < -0.4 is 24.8 Å². The van der Waals surface area contributed by atoms with E-state index in [1.807, 2.05) is 37.3 Å². The second-order valence-corrected chi connectivity index (χ2v) is 6.86. The molecular weight excluding hydrogens is 398 g/mol. The Morgan fingerprint density at radius 2 is 1.71 bits per heavy atom. The van der Waals surface area contributed by atoms with Gasteiger partial charge in [-0.25, -0.2) is 4.68 Å². The van der Waals surface area contributed by atoms with Crippen molar-refractivity contribution in [2.24, 2.45) is 0 Å². The summed E-state index contributed by atoms with van der Waals surface area (Å²) in [5, 5.41) is 10.5. The summed E-state index contributed by atoms with van der Waals surface area (Å²) in [7, 11) is 4.68. The minimum absolute atomic E-state index is 0.265. The highest BCUT2D eigenvalue weighted by molar-refractivity contribution is 6.06. The molecule has 2 aromatic carbocycles. The molecule has 9 heteroatoms. The average Bonchev–Trinajstić information content (AvgIpc) is 3.25. The Morgan fingerprint density at radius 3 is 2.39 bits per heavy atom. The summed E-state index contributed by atoms with van der Waals surface area (Å²) in [6.07, 6.45) is 1.44. The molecule has 0 spiro atoms. The predicted octanol–water partition coefficient (Wildman–Crippen LogP) is 3.23. The Hall–Kier alpha value is -4.01. The molecule has 0 saturated heterocycles. The second-order valence-electron chi connectivity index (χ2n) is 6.86. The predicted molar refractivity (Wildman–Crippen MR) is 116 cm³/mol. The van der Waals surface area contributed by atoms with Crippen LogP contribution in [0.2, 0.25) is 0 Å². The lowest BCUT2D eigenvalue weighted by atomic mass is 9.93. The number of amides is 1. The second kappa shape index (κ2) is 8.39. The van der Waals surface area contributed by atoms with Gasteiger partial charge in [0.05, 0.1) is 26.9 Å². The van der Waals surface area contributed by atoms with Gasteiger partial charge in [-0.15, -0.1) is 0 Å². The molecule has 3 aromatic rings. The number of allylic oxidation sites excluding steroid dienone is 1. The number of anilines is 2. The third kappa shape index (κ3) is 3.65. The molecule has 2 heterocycles. The van der Waals surface area contributed by atoms with E-state index in [0.29, 0.717) is 45.7 Å². The Morgan fingerprint density at radius 1 is 1.03 bits per heavy atom. The van der Waals surface area contributed by atoms with Gasteiger partial charge >= 0.3 is 0 Å². The van der Waals surface area contributed by atoms with E-state index in [0.717, 1.165) is 0 Å². The van der Waals surface area contributed by atoms with Crippen molar-refractivity contribution in [2.45, 2.75) is 13.0 Å². The van der Waals surface area contributed by atoms with Crippen LogP contribution >= 0.6 is 0 Å². The fraction of sp³-hybridized carbons (Fsp3) is 0.227. The third-order valence-electron chi connectivity index (χ3n) is 5.10. The van der Waals surface area contributed by atoms with Gasteiger partial charge in [-0.2, -0.15) is 10.1 Å². The van der Waals surface area contributed by atoms with Gasteiger partial charge < -0.3 is 24.8 Å². The topological polar surface area (TPSA) is 99.5 Å². The number of rotatable bonds is 6. The number of carbonyl (C=O) groups excluding carboxylic acids is 1. The number of hydrogen-bond acceptors (Lipinski definition) is 7. The number of nitrogens with one attached hydrogen (secondary N) is 2. The molecule has 0 radical (unpaired) electrons. The van der Waals surface area contributed by atoms with Crippen LogP contribution in [-0.2, 0) is 4.79 Å². The maximum Gasteiger partial charge on any atom is 0.255 e. The number of aromatic nitrogens is 3. The number of carbonyl (C=O) groups is 1. The number of benzene rings is 2. The average molecular weight is 421 g/mol. The molecule has 9 nitrogen and oxygen atoms in total. The summed E-state index contributed by atoms with van der Waals surface area (Å²) in [5.74, 6) is 1.82. The van der Waals surface area contributed by atoms with E-state index in [-0.39, 0.29) is 5.91 Å². The Labute approximate surface area is 179 Å². The van der Waals surface area contributed by atoms with Crippen molar-refractivity contribution in [3.05, 3.63) is 65.6 Å². The largest absolute Gasteiger partial charge is 0.496 e. The standard InChI is InChI=1S/C22H23N5O4/c1-13-19(21(28)26-14-8-6-5-7-9-14)20(27-22(25-13)23-12-24-27)15-10-17(30-3)18(31-4)11-16(15)29-2/h5-12,20H,1-4H3,(H,26,28)(H,23,24,25)/t20-/m0/s1. The summed E-state index contributed by atoms with van der Waals surface area (Å²) in [5.41, 5.74) is 2.52. The van der Waals surface area contributed by atoms with E-state index >= 15 is 0 Å². The first-order chi connectivity index (χ1) is 15.1. The number of ether oxygens (including phenoxy) is 3. The maximum absolute atomic E-state index is 13.4. The fourth-order valence-electron chi connectivity index (χ4n) is 3.66. The molecule has 160 valence electrons. The third-order valence-corrected chi connectivity index (χ3v) is 5.10. The van der Waals surface area contributed by atoms with Gasteiger partial charge in [-0.1, -0.05) is 18.2 Å². The van der Waals surface area contributed by atoms with Crippen LogP contribution in [0.1, 0.15) is 18.5 Å². The van der Waals surface area contributed by atoms with Crippen LogP contribution in [0.4, 0.5) is 11.6 Å². The van der Waals surface area contributed by atoms with Gasteiger partial charge in [0.1, 0.15) is 18.1 Å². The molecule has 0 unspecified atom stereocenters. The molecule has 1 amide bonds. The van der Waals surface area contributed by atoms with Crippen molar-refractivity contribution in [1.82, 2.24) is 14.8 Å². The Balaban J connectivity index is 1.86. The molecule has 1 aliphatic rings. The first-order valence-electron chi connectivity index (χ1n) is 9.61. The van der Waals surface area contributed by atoms with Crippen LogP contribution in [0.15, 0.2) is 60.1 Å². The van der Waals surface area contributed by atoms with Crippen molar-refractivity contribution in [1.29, 1.82) is 0 Å². The lowest BCUT2D eigenvalue weighted by Crippen LogP contribution is -2.31. The summed E-state index contributed by atoms with van der Waals surface area (Å²) >= 11 is 0. The van der Waals surface area contributed by atoms with Crippen LogP contribution in [0.25, 0.3) is 0 Å².